The number of aromatic nitrogens is 10. The number of nitrogens with one attached hydrogen (secondary N) is 1. The van der Waals surface area contributed by atoms with E-state index in [9.17, 15) is 14.7 Å². The highest BCUT2D eigenvalue weighted by Gasteiger charge is 2.46. The number of hydrogen-bond acceptors (Lipinski definition) is 14. The highest BCUT2D eigenvalue weighted by molar-refractivity contribution is 6.15. The van der Waals surface area contributed by atoms with Crippen molar-refractivity contribution in [3.8, 4) is 22.3 Å². The van der Waals surface area contributed by atoms with E-state index in [1.165, 1.54) is 17.0 Å². The molecular weight excluding hydrogens is 849 g/mol. The van der Waals surface area contributed by atoms with Gasteiger partial charge in [0.05, 0.1) is 33.5 Å². The summed E-state index contributed by atoms with van der Waals surface area (Å²) >= 11 is 0. The first-order valence-electron chi connectivity index (χ1n) is 22.7. The number of rotatable bonds is 9. The smallest absolute Gasteiger partial charge is 0.420 e. The normalized spacial score (nSPS) is 16.1. The van der Waals surface area contributed by atoms with Gasteiger partial charge in [-0.1, -0.05) is 30.6 Å². The Morgan fingerprint density at radius 1 is 0.746 bits per heavy atom. The number of carbonyl (C=O) groups excluding carboxylic acids is 2. The van der Waals surface area contributed by atoms with Gasteiger partial charge in [-0.2, -0.15) is 0 Å². The third-order valence-electron chi connectivity index (χ3n) is 12.8. The van der Waals surface area contributed by atoms with Crippen molar-refractivity contribution < 1.29 is 28.5 Å². The van der Waals surface area contributed by atoms with E-state index >= 15 is 0 Å². The van der Waals surface area contributed by atoms with E-state index in [4.69, 9.17) is 23.8 Å². The maximum absolute atomic E-state index is 13.5. The van der Waals surface area contributed by atoms with Crippen molar-refractivity contribution in [3.05, 3.63) is 119 Å². The number of hydrogen-bond donors (Lipinski definition) is 2. The summed E-state index contributed by atoms with van der Waals surface area (Å²) in [6, 6.07) is 11.2. The zero-order chi connectivity index (χ0) is 46.1. The fraction of sp³-hybridized carbons (Fsp3) is 0.412. The number of aliphatic hydroxyl groups is 1. The number of H-pyrrole nitrogens is 1. The Morgan fingerprint density at radius 2 is 1.33 bits per heavy atom. The zero-order valence-corrected chi connectivity index (χ0v) is 38.2. The lowest BCUT2D eigenvalue weighted by Gasteiger charge is -2.33. The maximum Gasteiger partial charge on any atom is 0.420 e. The van der Waals surface area contributed by atoms with Gasteiger partial charge in [0.25, 0.3) is 0 Å². The van der Waals surface area contributed by atoms with Gasteiger partial charge in [0.2, 0.25) is 11.6 Å². The van der Waals surface area contributed by atoms with Crippen molar-refractivity contribution in [2.45, 2.75) is 130 Å². The molecule has 6 heterocycles. The van der Waals surface area contributed by atoms with Gasteiger partial charge >= 0.3 is 6.09 Å². The Balaban J connectivity index is 0.000000166. The molecule has 0 radical (unpaired) electrons. The molecular formula is C51H56N10O6. The van der Waals surface area contributed by atoms with Crippen molar-refractivity contribution in [3.63, 3.8) is 0 Å². The summed E-state index contributed by atoms with van der Waals surface area (Å²) in [6.45, 7) is 13.0. The van der Waals surface area contributed by atoms with Crippen LogP contribution in [0.4, 0.5) is 4.79 Å². The van der Waals surface area contributed by atoms with Crippen LogP contribution in [-0.2, 0) is 10.3 Å². The molecule has 8 aromatic rings. The fourth-order valence-electron chi connectivity index (χ4n) is 9.44. The van der Waals surface area contributed by atoms with Gasteiger partial charge in [-0.05, 0) is 140 Å². The van der Waals surface area contributed by atoms with Crippen LogP contribution in [0.5, 0.6) is 0 Å². The van der Waals surface area contributed by atoms with Crippen LogP contribution >= 0.6 is 0 Å². The first kappa shape index (κ1) is 45.2. The highest BCUT2D eigenvalue weighted by atomic mass is 16.6. The lowest BCUT2D eigenvalue weighted by atomic mass is 9.77. The Labute approximate surface area is 388 Å². The summed E-state index contributed by atoms with van der Waals surface area (Å²) in [5.74, 6) is 3.74. The van der Waals surface area contributed by atoms with Gasteiger partial charge in [-0.25, -0.2) is 39.3 Å². The summed E-state index contributed by atoms with van der Waals surface area (Å²) in [5.41, 5.74) is 6.59. The second-order valence-corrected chi connectivity index (χ2v) is 18.9. The van der Waals surface area contributed by atoms with Crippen molar-refractivity contribution in [1.82, 2.24) is 49.8 Å². The summed E-state index contributed by atoms with van der Waals surface area (Å²) in [6.07, 6.45) is 14.1. The molecule has 0 saturated heterocycles. The number of imidazole rings is 2. The minimum Gasteiger partial charge on any atom is -0.443 e. The number of aryl methyl sites for hydroxylation is 4. The minimum atomic E-state index is -1.32. The van der Waals surface area contributed by atoms with Crippen LogP contribution < -0.4 is 0 Å². The molecule has 67 heavy (non-hydrogen) atoms. The molecule has 11 rings (SSSR count). The molecule has 1 atom stereocenters. The van der Waals surface area contributed by atoms with E-state index in [0.717, 1.165) is 102 Å². The van der Waals surface area contributed by atoms with Crippen molar-refractivity contribution in [1.29, 1.82) is 0 Å². The van der Waals surface area contributed by atoms with E-state index in [1.54, 1.807) is 30.6 Å². The van der Waals surface area contributed by atoms with Crippen LogP contribution in [0.2, 0.25) is 0 Å². The lowest BCUT2D eigenvalue weighted by molar-refractivity contribution is 0.0116. The summed E-state index contributed by atoms with van der Waals surface area (Å²) in [7, 11) is 0. The molecule has 3 saturated carbocycles. The molecule has 0 spiro atoms. The molecule has 2 aromatic carbocycles. The Hall–Kier alpha value is -6.94. The van der Waals surface area contributed by atoms with Gasteiger partial charge in [0.1, 0.15) is 34.3 Å². The SMILES string of the molecule is C.Cc1noc(C)c1-c1cc(C(=O)c2ncccn2)c2nc(C3CC3)n(C(=O)OC(C)(C)C)c2c1.Cc1noc(C)c1-c1cc(C(O)(c2ncccn2)C2CCCC2)c2nc(C3CC3)[nH]c2c1. The Morgan fingerprint density at radius 3 is 1.88 bits per heavy atom. The van der Waals surface area contributed by atoms with Crippen molar-refractivity contribution >= 4 is 33.9 Å². The van der Waals surface area contributed by atoms with E-state index in [1.807, 2.05) is 54.5 Å². The first-order valence-corrected chi connectivity index (χ1v) is 22.7. The highest BCUT2D eigenvalue weighted by Crippen LogP contribution is 2.48. The molecule has 3 aliphatic carbocycles. The summed E-state index contributed by atoms with van der Waals surface area (Å²) in [4.78, 5) is 57.5. The molecule has 1 unspecified atom stereocenters. The van der Waals surface area contributed by atoms with Crippen molar-refractivity contribution in [2.24, 2.45) is 5.92 Å². The quantitative estimate of drug-likeness (QED) is 0.129. The molecule has 0 amide bonds. The van der Waals surface area contributed by atoms with Crippen LogP contribution in [0.25, 0.3) is 44.3 Å². The molecule has 346 valence electrons. The predicted octanol–water partition coefficient (Wildman–Crippen LogP) is 10.6. The van der Waals surface area contributed by atoms with Gasteiger partial charge in [-0.3, -0.25) is 4.79 Å². The summed E-state index contributed by atoms with van der Waals surface area (Å²) < 4.78 is 18.1. The van der Waals surface area contributed by atoms with Crippen molar-refractivity contribution in [2.75, 3.05) is 0 Å². The van der Waals surface area contributed by atoms with Gasteiger partial charge < -0.3 is 23.9 Å². The average molecular weight is 905 g/mol. The van der Waals surface area contributed by atoms with E-state index in [0.29, 0.717) is 51.2 Å². The number of ether oxygens (including phenoxy) is 1. The van der Waals surface area contributed by atoms with Gasteiger partial charge in [0, 0.05) is 53.3 Å². The van der Waals surface area contributed by atoms with Crippen LogP contribution in [0.15, 0.2) is 70.2 Å². The molecule has 16 nitrogen and oxygen atoms in total. The molecule has 6 aromatic heterocycles. The number of fused-ring (bicyclic) bond motifs is 2. The van der Waals surface area contributed by atoms with Crippen LogP contribution in [0.3, 0.4) is 0 Å². The van der Waals surface area contributed by atoms with E-state index in [2.05, 4.69) is 47.4 Å². The van der Waals surface area contributed by atoms with Gasteiger partial charge in [0.15, 0.2) is 11.4 Å². The molecule has 3 aliphatic rings. The molecule has 16 heteroatoms. The topological polar surface area (TPSA) is 214 Å². The Kier molecular flexibility index (Phi) is 11.7. The van der Waals surface area contributed by atoms with Crippen LogP contribution in [0.1, 0.15) is 154 Å². The minimum absolute atomic E-state index is 0. The number of ketones is 1. The third-order valence-corrected chi connectivity index (χ3v) is 12.8. The largest absolute Gasteiger partial charge is 0.443 e. The predicted molar refractivity (Wildman–Crippen MR) is 251 cm³/mol. The number of benzene rings is 2. The number of carbonyl (C=O) groups is 2. The van der Waals surface area contributed by atoms with E-state index in [-0.39, 0.29) is 30.9 Å². The molecule has 3 fully saturated rings. The fourth-order valence-corrected chi connectivity index (χ4v) is 9.44. The standard InChI is InChI=1S/C25H25N5O4.C25H27N5O2.CH4/c1-13-19(14(2)34-29-13)16-11-17(21(31)22-26-9-6-10-27-22)20-18(12-16)30(23(28-20)15-7-8-15)24(32)33-25(3,4)5;1-14-21(15(2)32-30-14)17-12-19(22-20(13-17)28-23(29-22)16-8-9-16)25(31,18-6-3-4-7-18)24-26-10-5-11-27-24;/h6,9-12,15H,7-8H2,1-5H3;5,10-13,16,18,31H,3-4,6-9H2,1-2H3,(H,28,29);1H4. The first-order chi connectivity index (χ1) is 31.7. The zero-order valence-electron chi connectivity index (χ0n) is 38.2. The molecule has 0 bridgehead atoms. The average Bonchev–Trinajstić information content (AvgIpc) is 4.07. The number of aromatic amines is 1. The monoisotopic (exact) mass is 904 g/mol. The molecule has 2 N–H and O–H groups in total. The second-order valence-electron chi connectivity index (χ2n) is 18.9. The third kappa shape index (κ3) is 8.43. The molecule has 0 aliphatic heterocycles. The maximum atomic E-state index is 13.5. The summed E-state index contributed by atoms with van der Waals surface area (Å²) in [5, 5.41) is 20.7. The van der Waals surface area contributed by atoms with E-state index < -0.39 is 17.3 Å². The van der Waals surface area contributed by atoms with Gasteiger partial charge in [-0.15, -0.1) is 0 Å². The van der Waals surface area contributed by atoms with Crippen LogP contribution in [0, 0.1) is 33.6 Å². The Bertz CT molecular complexity index is 3090. The second kappa shape index (κ2) is 17.4. The lowest BCUT2D eigenvalue weighted by Crippen LogP contribution is -2.37. The number of nitrogens with zero attached hydrogens (tertiary/aromatic N) is 9. The van der Waals surface area contributed by atoms with Crippen LogP contribution in [-0.4, -0.2) is 72.4 Å².